The molecule has 2 atom stereocenters. The van der Waals surface area contributed by atoms with E-state index >= 15 is 0 Å². The number of hydrogen-bond donors (Lipinski definition) is 3. The minimum Gasteiger partial charge on any atom is -0.345 e. The number of benzene rings is 2. The Hall–Kier alpha value is -2.08. The Bertz CT molecular complexity index is 769. The molecule has 2 aromatic rings. The molecule has 0 bridgehead atoms. The van der Waals surface area contributed by atoms with Crippen LogP contribution in [0.2, 0.25) is 10.0 Å². The number of carbonyl (C=O) groups is 2. The number of halogens is 2. The van der Waals surface area contributed by atoms with Crippen LogP contribution in [0.3, 0.4) is 0 Å². The van der Waals surface area contributed by atoms with Crippen LogP contribution in [0.5, 0.6) is 0 Å². The Labute approximate surface area is 163 Å². The predicted octanol–water partition coefficient (Wildman–Crippen LogP) is 2.32. The van der Waals surface area contributed by atoms with Crippen molar-refractivity contribution in [3.63, 3.8) is 0 Å². The third kappa shape index (κ3) is 6.33. The normalized spacial score (nSPS) is 12.9. The maximum atomic E-state index is 12.2. The molecule has 0 aliphatic rings. The quantitative estimate of drug-likeness (QED) is 0.674. The average molecular weight is 395 g/mol. The third-order valence-corrected chi connectivity index (χ3v) is 4.54. The Kier molecular flexibility index (Phi) is 7.45. The Morgan fingerprint density at radius 2 is 1.65 bits per heavy atom. The molecule has 1 unspecified atom stereocenters. The Morgan fingerprint density at radius 1 is 1.00 bits per heavy atom. The van der Waals surface area contributed by atoms with Gasteiger partial charge in [0.15, 0.2) is 13.1 Å². The van der Waals surface area contributed by atoms with Crippen molar-refractivity contribution in [3.8, 4) is 0 Å². The Balaban J connectivity index is 1.79. The molecule has 0 saturated heterocycles. The second-order valence-electron chi connectivity index (χ2n) is 6.19. The minimum atomic E-state index is -0.204. The van der Waals surface area contributed by atoms with Gasteiger partial charge in [-0.15, -0.1) is 0 Å². The fourth-order valence-corrected chi connectivity index (χ4v) is 2.81. The molecule has 2 amide bonds. The van der Waals surface area contributed by atoms with E-state index in [1.807, 2.05) is 37.3 Å². The molecule has 0 aliphatic heterocycles. The van der Waals surface area contributed by atoms with Gasteiger partial charge in [-0.1, -0.05) is 53.5 Å². The van der Waals surface area contributed by atoms with Gasteiger partial charge in [0.2, 0.25) is 0 Å². The van der Waals surface area contributed by atoms with Crippen LogP contribution in [0, 0.1) is 0 Å². The zero-order chi connectivity index (χ0) is 19.1. The van der Waals surface area contributed by atoms with Gasteiger partial charge in [-0.2, -0.15) is 0 Å². The minimum absolute atomic E-state index is 0.0819. The molecule has 0 saturated carbocycles. The maximum absolute atomic E-state index is 12.2. The molecule has 0 heterocycles. The van der Waals surface area contributed by atoms with E-state index in [9.17, 15) is 9.59 Å². The molecule has 3 N–H and O–H groups in total. The first kappa shape index (κ1) is 20.2. The number of amides is 2. The van der Waals surface area contributed by atoms with Crippen LogP contribution in [-0.4, -0.2) is 32.0 Å². The van der Waals surface area contributed by atoms with E-state index in [1.165, 1.54) is 0 Å². The lowest BCUT2D eigenvalue weighted by atomic mass is 10.1. The maximum Gasteiger partial charge on any atom is 0.279 e. The molecule has 0 aliphatic carbocycles. The molecule has 138 valence electrons. The summed E-state index contributed by atoms with van der Waals surface area (Å²) in [4.78, 5) is 25.0. The fraction of sp³-hybridized carbons (Fsp3) is 0.263. The highest BCUT2D eigenvalue weighted by Gasteiger charge is 2.16. The van der Waals surface area contributed by atoms with Crippen molar-refractivity contribution < 1.29 is 14.5 Å². The smallest absolute Gasteiger partial charge is 0.279 e. The lowest BCUT2D eigenvalue weighted by Gasteiger charge is -2.17. The van der Waals surface area contributed by atoms with Crippen LogP contribution < -0.4 is 15.5 Å². The molecule has 0 spiro atoms. The standard InChI is InChI=1S/C19H21Cl2N3O2/c1-13(14-6-4-3-5-7-14)22-18(25)11-24(2)12-19(26)23-15-8-9-16(20)17(21)10-15/h3-10,13H,11-12H2,1-2H3,(H,22,25)(H,23,26)/p+1/t13-/m1/s1. The van der Waals surface area contributed by atoms with E-state index in [1.54, 1.807) is 25.2 Å². The van der Waals surface area contributed by atoms with E-state index in [0.29, 0.717) is 15.7 Å². The van der Waals surface area contributed by atoms with E-state index in [4.69, 9.17) is 23.2 Å². The van der Waals surface area contributed by atoms with Crippen molar-refractivity contribution in [2.24, 2.45) is 0 Å². The predicted molar refractivity (Wildman–Crippen MR) is 105 cm³/mol. The van der Waals surface area contributed by atoms with Gasteiger partial charge >= 0.3 is 0 Å². The monoisotopic (exact) mass is 394 g/mol. The molecule has 2 aromatic carbocycles. The van der Waals surface area contributed by atoms with Crippen molar-refractivity contribution in [3.05, 3.63) is 64.1 Å². The summed E-state index contributed by atoms with van der Waals surface area (Å²) in [6.07, 6.45) is 0. The molecule has 0 radical (unpaired) electrons. The Morgan fingerprint density at radius 3 is 2.31 bits per heavy atom. The second kappa shape index (κ2) is 9.57. The van der Waals surface area contributed by atoms with Crippen LogP contribution in [0.25, 0.3) is 0 Å². The first-order valence-corrected chi connectivity index (χ1v) is 9.01. The van der Waals surface area contributed by atoms with E-state index in [0.717, 1.165) is 10.5 Å². The molecule has 7 heteroatoms. The summed E-state index contributed by atoms with van der Waals surface area (Å²) in [5.74, 6) is -0.314. The first-order valence-electron chi connectivity index (χ1n) is 8.25. The average Bonchev–Trinajstić information content (AvgIpc) is 2.58. The van der Waals surface area contributed by atoms with Crippen LogP contribution in [0.4, 0.5) is 5.69 Å². The van der Waals surface area contributed by atoms with Crippen LogP contribution in [0.1, 0.15) is 18.5 Å². The lowest BCUT2D eigenvalue weighted by molar-refractivity contribution is -0.862. The summed E-state index contributed by atoms with van der Waals surface area (Å²) in [5, 5.41) is 6.49. The van der Waals surface area contributed by atoms with Gasteiger partial charge in [0.25, 0.3) is 11.8 Å². The van der Waals surface area contributed by atoms with Gasteiger partial charge in [-0.3, -0.25) is 9.59 Å². The molecule has 26 heavy (non-hydrogen) atoms. The van der Waals surface area contributed by atoms with Crippen LogP contribution >= 0.6 is 23.2 Å². The lowest BCUT2D eigenvalue weighted by Crippen LogP contribution is -3.11. The van der Waals surface area contributed by atoms with Gasteiger partial charge in [-0.25, -0.2) is 0 Å². The summed E-state index contributed by atoms with van der Waals surface area (Å²) < 4.78 is 0. The van der Waals surface area contributed by atoms with Crippen LogP contribution in [0.15, 0.2) is 48.5 Å². The van der Waals surface area contributed by atoms with Crippen molar-refractivity contribution in [2.75, 3.05) is 25.5 Å². The van der Waals surface area contributed by atoms with E-state index in [-0.39, 0.29) is 30.9 Å². The van der Waals surface area contributed by atoms with Gasteiger partial charge < -0.3 is 15.5 Å². The number of carbonyl (C=O) groups excluding carboxylic acids is 2. The van der Waals surface area contributed by atoms with E-state index < -0.39 is 0 Å². The number of rotatable bonds is 7. The zero-order valence-corrected chi connectivity index (χ0v) is 16.2. The fourth-order valence-electron chi connectivity index (χ4n) is 2.51. The molecular weight excluding hydrogens is 373 g/mol. The molecule has 5 nitrogen and oxygen atoms in total. The molecular formula is C19H22Cl2N3O2+. The molecule has 2 rings (SSSR count). The summed E-state index contributed by atoms with van der Waals surface area (Å²) in [7, 11) is 1.79. The van der Waals surface area contributed by atoms with Crippen molar-refractivity contribution in [1.82, 2.24) is 5.32 Å². The van der Waals surface area contributed by atoms with Gasteiger partial charge in [0.05, 0.1) is 23.1 Å². The van der Waals surface area contributed by atoms with Crippen LogP contribution in [-0.2, 0) is 9.59 Å². The zero-order valence-electron chi connectivity index (χ0n) is 14.7. The highest BCUT2D eigenvalue weighted by atomic mass is 35.5. The molecule has 0 fully saturated rings. The summed E-state index contributed by atoms with van der Waals surface area (Å²) in [6, 6.07) is 14.5. The SMILES string of the molecule is C[C@@H](NC(=O)C[NH+](C)CC(=O)Nc1ccc(Cl)c(Cl)c1)c1ccccc1. The number of anilines is 1. The third-order valence-electron chi connectivity index (χ3n) is 3.81. The molecule has 0 aromatic heterocycles. The number of hydrogen-bond acceptors (Lipinski definition) is 2. The second-order valence-corrected chi connectivity index (χ2v) is 7.00. The van der Waals surface area contributed by atoms with Crippen molar-refractivity contribution >= 4 is 40.7 Å². The highest BCUT2D eigenvalue weighted by Crippen LogP contribution is 2.24. The summed E-state index contributed by atoms with van der Waals surface area (Å²) >= 11 is 11.8. The topological polar surface area (TPSA) is 62.6 Å². The highest BCUT2D eigenvalue weighted by molar-refractivity contribution is 6.42. The van der Waals surface area contributed by atoms with E-state index in [2.05, 4.69) is 10.6 Å². The number of quaternary nitrogens is 1. The number of likely N-dealkylation sites (N-methyl/N-ethyl adjacent to an activating group) is 1. The van der Waals surface area contributed by atoms with Gasteiger partial charge in [-0.05, 0) is 30.7 Å². The van der Waals surface area contributed by atoms with Gasteiger partial charge in [0, 0.05) is 5.69 Å². The number of nitrogens with one attached hydrogen (secondary N) is 3. The summed E-state index contributed by atoms with van der Waals surface area (Å²) in [5.41, 5.74) is 1.61. The first-order chi connectivity index (χ1) is 12.3. The van der Waals surface area contributed by atoms with Gasteiger partial charge in [0.1, 0.15) is 0 Å². The van der Waals surface area contributed by atoms with Crippen molar-refractivity contribution in [1.29, 1.82) is 0 Å². The summed E-state index contributed by atoms with van der Waals surface area (Å²) in [6.45, 7) is 2.29. The largest absolute Gasteiger partial charge is 0.345 e. The van der Waals surface area contributed by atoms with Crippen molar-refractivity contribution in [2.45, 2.75) is 13.0 Å².